The Balaban J connectivity index is 1.69. The molecule has 2 amide bonds. The van der Waals surface area contributed by atoms with Crippen molar-refractivity contribution in [3.8, 4) is 11.5 Å². The van der Waals surface area contributed by atoms with Crippen LogP contribution in [-0.2, 0) is 16.0 Å². The summed E-state index contributed by atoms with van der Waals surface area (Å²) in [4.78, 5) is 27.1. The lowest BCUT2D eigenvalue weighted by atomic mass is 10.1. The number of rotatable bonds is 9. The maximum absolute atomic E-state index is 12.9. The first-order chi connectivity index (χ1) is 14.5. The Hall–Kier alpha value is -3.48. The van der Waals surface area contributed by atoms with Crippen molar-refractivity contribution in [2.45, 2.75) is 19.8 Å². The monoisotopic (exact) mass is 410 g/mol. The first kappa shape index (κ1) is 21.2. The fourth-order valence-corrected chi connectivity index (χ4v) is 3.27. The maximum atomic E-state index is 12.9. The van der Waals surface area contributed by atoms with Gasteiger partial charge >= 0.3 is 0 Å². The summed E-state index contributed by atoms with van der Waals surface area (Å²) in [6, 6.07) is 12.7. The number of methoxy groups -OCH3 is 2. The molecule has 2 aromatic carbocycles. The maximum Gasteiger partial charge on any atom is 0.244 e. The van der Waals surface area contributed by atoms with Gasteiger partial charge in [0.2, 0.25) is 11.8 Å². The van der Waals surface area contributed by atoms with Crippen molar-refractivity contribution in [1.29, 1.82) is 0 Å². The summed E-state index contributed by atoms with van der Waals surface area (Å²) < 4.78 is 16.0. The third kappa shape index (κ3) is 4.92. The second-order valence-electron chi connectivity index (χ2n) is 6.86. The van der Waals surface area contributed by atoms with Gasteiger partial charge in [-0.25, -0.2) is 0 Å². The van der Waals surface area contributed by atoms with Gasteiger partial charge in [-0.05, 0) is 30.7 Å². The van der Waals surface area contributed by atoms with Crippen LogP contribution in [0.5, 0.6) is 11.5 Å². The summed E-state index contributed by atoms with van der Waals surface area (Å²) in [5.74, 6) is 0.850. The van der Waals surface area contributed by atoms with Crippen LogP contribution in [-0.4, -0.2) is 44.0 Å². The van der Waals surface area contributed by atoms with E-state index in [9.17, 15) is 9.59 Å². The summed E-state index contributed by atoms with van der Waals surface area (Å²) in [6.45, 7) is 2.42. The molecule has 3 rings (SSSR count). The van der Waals surface area contributed by atoms with Crippen LogP contribution in [0.15, 0.2) is 53.1 Å². The molecule has 158 valence electrons. The van der Waals surface area contributed by atoms with E-state index in [-0.39, 0.29) is 24.8 Å². The van der Waals surface area contributed by atoms with Crippen LogP contribution in [0, 0.1) is 0 Å². The number of amides is 2. The first-order valence-corrected chi connectivity index (χ1v) is 9.80. The predicted molar refractivity (Wildman–Crippen MR) is 115 cm³/mol. The number of anilines is 1. The smallest absolute Gasteiger partial charge is 0.244 e. The number of hydrogen-bond donors (Lipinski definition) is 1. The molecule has 1 N–H and O–H groups in total. The van der Waals surface area contributed by atoms with E-state index in [4.69, 9.17) is 13.9 Å². The summed E-state index contributed by atoms with van der Waals surface area (Å²) in [5.41, 5.74) is 2.01. The van der Waals surface area contributed by atoms with Gasteiger partial charge in [0.05, 0.1) is 39.1 Å². The summed E-state index contributed by atoms with van der Waals surface area (Å²) in [7, 11) is 3.13. The van der Waals surface area contributed by atoms with E-state index in [1.165, 1.54) is 0 Å². The second-order valence-corrected chi connectivity index (χ2v) is 6.86. The van der Waals surface area contributed by atoms with E-state index in [0.717, 1.165) is 17.4 Å². The Morgan fingerprint density at radius 3 is 2.63 bits per heavy atom. The van der Waals surface area contributed by atoms with E-state index in [2.05, 4.69) is 5.32 Å². The van der Waals surface area contributed by atoms with Crippen molar-refractivity contribution in [2.75, 3.05) is 32.6 Å². The molecule has 1 heterocycles. The molecule has 0 fully saturated rings. The van der Waals surface area contributed by atoms with Gasteiger partial charge in [0.25, 0.3) is 0 Å². The number of nitrogens with one attached hydrogen (secondary N) is 1. The highest BCUT2D eigenvalue weighted by Crippen LogP contribution is 2.26. The van der Waals surface area contributed by atoms with Crippen molar-refractivity contribution in [2.24, 2.45) is 0 Å². The SMILES string of the molecule is CCCN(CC(=O)Nc1ccccc1OC)C(=O)Cc1coc2cc(OC)ccc12. The highest BCUT2D eigenvalue weighted by Gasteiger charge is 2.20. The van der Waals surface area contributed by atoms with Gasteiger partial charge in [0, 0.05) is 23.6 Å². The van der Waals surface area contributed by atoms with Crippen LogP contribution in [0.3, 0.4) is 0 Å². The van der Waals surface area contributed by atoms with Gasteiger partial charge in [-0.1, -0.05) is 19.1 Å². The van der Waals surface area contributed by atoms with Crippen molar-refractivity contribution in [1.82, 2.24) is 4.90 Å². The number of ether oxygens (including phenoxy) is 2. The standard InChI is InChI=1S/C23H26N2O5/c1-4-11-25(14-22(26)24-19-7-5-6-8-20(19)29-3)23(27)12-16-15-30-21-13-17(28-2)9-10-18(16)21/h5-10,13,15H,4,11-12,14H2,1-3H3,(H,24,26). The molecular formula is C23H26N2O5. The summed E-state index contributed by atoms with van der Waals surface area (Å²) in [6.07, 6.45) is 2.49. The fourth-order valence-electron chi connectivity index (χ4n) is 3.27. The number of furan rings is 1. The van der Waals surface area contributed by atoms with Crippen LogP contribution < -0.4 is 14.8 Å². The number of carbonyl (C=O) groups excluding carboxylic acids is 2. The van der Waals surface area contributed by atoms with Crippen LogP contribution >= 0.6 is 0 Å². The zero-order chi connectivity index (χ0) is 21.5. The molecule has 0 atom stereocenters. The van der Waals surface area contributed by atoms with E-state index in [1.807, 2.05) is 31.2 Å². The number of hydrogen-bond acceptors (Lipinski definition) is 5. The Kier molecular flexibility index (Phi) is 6.95. The second kappa shape index (κ2) is 9.82. The van der Waals surface area contributed by atoms with E-state index >= 15 is 0 Å². The van der Waals surface area contributed by atoms with Gasteiger partial charge in [-0.3, -0.25) is 9.59 Å². The zero-order valence-electron chi connectivity index (χ0n) is 17.4. The Bertz CT molecular complexity index is 1030. The summed E-state index contributed by atoms with van der Waals surface area (Å²) in [5, 5.41) is 3.68. The normalized spacial score (nSPS) is 10.6. The minimum atomic E-state index is -0.275. The first-order valence-electron chi connectivity index (χ1n) is 9.80. The lowest BCUT2D eigenvalue weighted by Crippen LogP contribution is -2.39. The molecule has 0 aliphatic carbocycles. The van der Waals surface area contributed by atoms with Gasteiger partial charge in [0.1, 0.15) is 17.1 Å². The third-order valence-corrected chi connectivity index (χ3v) is 4.77. The molecule has 30 heavy (non-hydrogen) atoms. The Morgan fingerprint density at radius 1 is 1.10 bits per heavy atom. The molecule has 0 bridgehead atoms. The van der Waals surface area contributed by atoms with Gasteiger partial charge in [-0.2, -0.15) is 0 Å². The molecule has 7 nitrogen and oxygen atoms in total. The predicted octanol–water partition coefficient (Wildman–Crippen LogP) is 3.87. The van der Waals surface area contributed by atoms with E-state index in [0.29, 0.717) is 29.3 Å². The van der Waals surface area contributed by atoms with Crippen LogP contribution in [0.1, 0.15) is 18.9 Å². The number of nitrogens with zero attached hydrogens (tertiary/aromatic N) is 1. The lowest BCUT2D eigenvalue weighted by Gasteiger charge is -2.22. The van der Waals surface area contributed by atoms with Crippen molar-refractivity contribution >= 4 is 28.5 Å². The van der Waals surface area contributed by atoms with Crippen LogP contribution in [0.4, 0.5) is 5.69 Å². The number of carbonyl (C=O) groups is 2. The minimum Gasteiger partial charge on any atom is -0.497 e. The molecule has 0 spiro atoms. The van der Waals surface area contributed by atoms with E-state index < -0.39 is 0 Å². The number of fused-ring (bicyclic) bond motifs is 1. The van der Waals surface area contributed by atoms with Gasteiger partial charge < -0.3 is 24.1 Å². The van der Waals surface area contributed by atoms with Gasteiger partial charge in [-0.15, -0.1) is 0 Å². The molecular weight excluding hydrogens is 384 g/mol. The van der Waals surface area contributed by atoms with Crippen molar-refractivity contribution < 1.29 is 23.5 Å². The molecule has 0 radical (unpaired) electrons. The topological polar surface area (TPSA) is 81.0 Å². The third-order valence-electron chi connectivity index (χ3n) is 4.77. The van der Waals surface area contributed by atoms with E-state index in [1.54, 1.807) is 43.6 Å². The molecule has 3 aromatic rings. The summed E-state index contributed by atoms with van der Waals surface area (Å²) >= 11 is 0. The molecule has 7 heteroatoms. The fraction of sp³-hybridized carbons (Fsp3) is 0.304. The molecule has 1 aromatic heterocycles. The van der Waals surface area contributed by atoms with Crippen molar-refractivity contribution in [3.05, 3.63) is 54.3 Å². The van der Waals surface area contributed by atoms with Crippen LogP contribution in [0.25, 0.3) is 11.0 Å². The van der Waals surface area contributed by atoms with Gasteiger partial charge in [0.15, 0.2) is 0 Å². The number of para-hydroxylation sites is 2. The Morgan fingerprint density at radius 2 is 1.90 bits per heavy atom. The Labute approximate surface area is 175 Å². The van der Waals surface area contributed by atoms with Crippen LogP contribution in [0.2, 0.25) is 0 Å². The number of benzene rings is 2. The average molecular weight is 410 g/mol. The highest BCUT2D eigenvalue weighted by atomic mass is 16.5. The lowest BCUT2D eigenvalue weighted by molar-refractivity contribution is -0.134. The largest absolute Gasteiger partial charge is 0.497 e. The molecule has 0 unspecified atom stereocenters. The molecule has 0 saturated heterocycles. The average Bonchev–Trinajstić information content (AvgIpc) is 3.15. The van der Waals surface area contributed by atoms with Crippen molar-refractivity contribution in [3.63, 3.8) is 0 Å². The molecule has 0 aliphatic heterocycles. The zero-order valence-corrected chi connectivity index (χ0v) is 17.4. The quantitative estimate of drug-likeness (QED) is 0.579. The minimum absolute atomic E-state index is 0.0334. The highest BCUT2D eigenvalue weighted by molar-refractivity contribution is 5.96. The molecule has 0 saturated carbocycles. The molecule has 0 aliphatic rings.